The van der Waals surface area contributed by atoms with Crippen LogP contribution in [-0.2, 0) is 11.2 Å². The number of aryl methyl sites for hydroxylation is 2. The third-order valence-corrected chi connectivity index (χ3v) is 4.30. The summed E-state index contributed by atoms with van der Waals surface area (Å²) in [6.45, 7) is 4.17. The van der Waals surface area contributed by atoms with Crippen molar-refractivity contribution in [1.82, 2.24) is 0 Å². The van der Waals surface area contributed by atoms with Crippen LogP contribution in [0.5, 0.6) is 0 Å². The zero-order chi connectivity index (χ0) is 14.1. The van der Waals surface area contributed by atoms with Crippen LogP contribution in [0.4, 0.5) is 0 Å². The number of rotatable bonds is 4. The Kier molecular flexibility index (Phi) is 3.43. The fourth-order valence-corrected chi connectivity index (χ4v) is 2.93. The van der Waals surface area contributed by atoms with Gasteiger partial charge in [-0.05, 0) is 42.9 Å². The van der Waals surface area contributed by atoms with Gasteiger partial charge in [0.05, 0.1) is 0 Å². The van der Waals surface area contributed by atoms with Gasteiger partial charge in [-0.2, -0.15) is 0 Å². The normalized spacial score (nSPS) is 20.7. The Morgan fingerprint density at radius 3 is 2.60 bits per heavy atom. The Hall–Kier alpha value is -1.89. The molecule has 0 aromatic heterocycles. The van der Waals surface area contributed by atoms with Gasteiger partial charge in [-0.1, -0.05) is 54.1 Å². The highest BCUT2D eigenvalue weighted by atomic mass is 16.1. The molecule has 2 unspecified atom stereocenters. The lowest BCUT2D eigenvalue weighted by atomic mass is 9.98. The van der Waals surface area contributed by atoms with E-state index in [0.29, 0.717) is 18.1 Å². The molecule has 0 radical (unpaired) electrons. The number of benzene rings is 2. The number of carbonyl (C=O) groups excluding carboxylic acids is 1. The first-order valence-corrected chi connectivity index (χ1v) is 7.29. The van der Waals surface area contributed by atoms with Crippen molar-refractivity contribution in [3.63, 3.8) is 0 Å². The van der Waals surface area contributed by atoms with Gasteiger partial charge >= 0.3 is 0 Å². The van der Waals surface area contributed by atoms with Crippen LogP contribution in [0.3, 0.4) is 0 Å². The monoisotopic (exact) mass is 264 g/mol. The molecule has 0 amide bonds. The van der Waals surface area contributed by atoms with Crippen LogP contribution < -0.4 is 0 Å². The van der Waals surface area contributed by atoms with Crippen LogP contribution in [0.25, 0.3) is 0 Å². The predicted octanol–water partition coefficient (Wildman–Crippen LogP) is 4.22. The van der Waals surface area contributed by atoms with Crippen LogP contribution >= 0.6 is 0 Å². The van der Waals surface area contributed by atoms with E-state index < -0.39 is 0 Å². The fourth-order valence-electron chi connectivity index (χ4n) is 2.93. The molecule has 1 aliphatic carbocycles. The lowest BCUT2D eigenvalue weighted by molar-refractivity contribution is -0.119. The highest BCUT2D eigenvalue weighted by molar-refractivity contribution is 5.87. The standard InChI is InChI=1S/C19H20O/c1-13-8-9-14(2)16(10-13)11-19(20)18-12-17(18)15-6-4-3-5-7-15/h3-10,17-18H,11-12H2,1-2H3. The first kappa shape index (κ1) is 13.1. The fraction of sp³-hybridized carbons (Fsp3) is 0.316. The molecule has 0 bridgehead atoms. The molecule has 3 rings (SSSR count). The molecule has 2 aromatic rings. The zero-order valence-corrected chi connectivity index (χ0v) is 12.1. The Bertz CT molecular complexity index is 627. The summed E-state index contributed by atoms with van der Waals surface area (Å²) in [5.74, 6) is 1.08. The molecule has 1 saturated carbocycles. The quantitative estimate of drug-likeness (QED) is 0.808. The second-order valence-corrected chi connectivity index (χ2v) is 5.93. The summed E-state index contributed by atoms with van der Waals surface area (Å²) in [7, 11) is 0. The minimum atomic E-state index is 0.234. The van der Waals surface area contributed by atoms with Crippen molar-refractivity contribution in [2.75, 3.05) is 0 Å². The van der Waals surface area contributed by atoms with E-state index in [-0.39, 0.29) is 5.92 Å². The predicted molar refractivity (Wildman–Crippen MR) is 81.9 cm³/mol. The van der Waals surface area contributed by atoms with Crippen molar-refractivity contribution in [2.45, 2.75) is 32.6 Å². The Morgan fingerprint density at radius 1 is 1.10 bits per heavy atom. The van der Waals surface area contributed by atoms with E-state index in [1.807, 2.05) is 6.07 Å². The molecule has 0 spiro atoms. The van der Waals surface area contributed by atoms with E-state index in [1.165, 1.54) is 22.3 Å². The van der Waals surface area contributed by atoms with Gasteiger partial charge in [-0.25, -0.2) is 0 Å². The largest absolute Gasteiger partial charge is 0.299 e. The van der Waals surface area contributed by atoms with E-state index >= 15 is 0 Å². The number of hydrogen-bond donors (Lipinski definition) is 0. The van der Waals surface area contributed by atoms with Gasteiger partial charge in [-0.15, -0.1) is 0 Å². The average Bonchev–Trinajstić information content (AvgIpc) is 3.24. The Labute approximate surface area is 120 Å². The molecular formula is C19H20O. The van der Waals surface area contributed by atoms with Crippen molar-refractivity contribution in [3.05, 3.63) is 70.8 Å². The van der Waals surface area contributed by atoms with Gasteiger partial charge in [0.2, 0.25) is 0 Å². The van der Waals surface area contributed by atoms with Crippen molar-refractivity contribution in [2.24, 2.45) is 5.92 Å². The number of hydrogen-bond acceptors (Lipinski definition) is 1. The minimum absolute atomic E-state index is 0.234. The Morgan fingerprint density at radius 2 is 1.85 bits per heavy atom. The second kappa shape index (κ2) is 5.24. The molecule has 0 aliphatic heterocycles. The van der Waals surface area contributed by atoms with Crippen LogP contribution in [0.2, 0.25) is 0 Å². The van der Waals surface area contributed by atoms with E-state index in [4.69, 9.17) is 0 Å². The van der Waals surface area contributed by atoms with Crippen molar-refractivity contribution in [1.29, 1.82) is 0 Å². The smallest absolute Gasteiger partial charge is 0.140 e. The van der Waals surface area contributed by atoms with Gasteiger partial charge in [-0.3, -0.25) is 4.79 Å². The highest BCUT2D eigenvalue weighted by Crippen LogP contribution is 2.48. The summed E-state index contributed by atoms with van der Waals surface area (Å²) >= 11 is 0. The summed E-state index contributed by atoms with van der Waals surface area (Å²) in [6, 6.07) is 16.8. The van der Waals surface area contributed by atoms with Crippen LogP contribution in [0, 0.1) is 19.8 Å². The molecule has 1 heteroatoms. The maximum atomic E-state index is 12.4. The molecular weight excluding hydrogens is 244 g/mol. The van der Waals surface area contributed by atoms with Crippen molar-refractivity contribution in [3.8, 4) is 0 Å². The molecule has 0 saturated heterocycles. The van der Waals surface area contributed by atoms with Gasteiger partial charge in [0.15, 0.2) is 0 Å². The lowest BCUT2D eigenvalue weighted by Gasteiger charge is -2.06. The second-order valence-electron chi connectivity index (χ2n) is 5.93. The molecule has 102 valence electrons. The van der Waals surface area contributed by atoms with Crippen molar-refractivity contribution < 1.29 is 4.79 Å². The zero-order valence-electron chi connectivity index (χ0n) is 12.1. The van der Waals surface area contributed by atoms with Gasteiger partial charge in [0, 0.05) is 12.3 Å². The van der Waals surface area contributed by atoms with Gasteiger partial charge < -0.3 is 0 Å². The summed E-state index contributed by atoms with van der Waals surface area (Å²) in [5, 5.41) is 0. The Balaban J connectivity index is 1.68. The molecule has 2 aromatic carbocycles. The molecule has 0 N–H and O–H groups in total. The number of Topliss-reactive ketones (excluding diaryl/α,β-unsaturated/α-hetero) is 1. The molecule has 0 heterocycles. The van der Waals surface area contributed by atoms with Crippen LogP contribution in [-0.4, -0.2) is 5.78 Å². The van der Waals surface area contributed by atoms with Crippen molar-refractivity contribution >= 4 is 5.78 Å². The summed E-state index contributed by atoms with van der Waals surface area (Å²) in [4.78, 5) is 12.4. The first-order chi connectivity index (χ1) is 9.65. The summed E-state index contributed by atoms with van der Waals surface area (Å²) < 4.78 is 0. The summed E-state index contributed by atoms with van der Waals surface area (Å²) in [5.41, 5.74) is 4.95. The van der Waals surface area contributed by atoms with E-state index in [1.54, 1.807) is 0 Å². The third-order valence-electron chi connectivity index (χ3n) is 4.30. The molecule has 1 nitrogen and oxygen atoms in total. The topological polar surface area (TPSA) is 17.1 Å². The maximum absolute atomic E-state index is 12.4. The van der Waals surface area contributed by atoms with E-state index in [9.17, 15) is 4.79 Å². The third kappa shape index (κ3) is 2.67. The van der Waals surface area contributed by atoms with Crippen LogP contribution in [0.15, 0.2) is 48.5 Å². The SMILES string of the molecule is Cc1ccc(C)c(CC(=O)C2CC2c2ccccc2)c1. The molecule has 20 heavy (non-hydrogen) atoms. The molecule has 1 aliphatic rings. The lowest BCUT2D eigenvalue weighted by Crippen LogP contribution is -2.07. The maximum Gasteiger partial charge on any atom is 0.140 e. The average molecular weight is 264 g/mol. The van der Waals surface area contributed by atoms with Gasteiger partial charge in [0.25, 0.3) is 0 Å². The van der Waals surface area contributed by atoms with Crippen LogP contribution in [0.1, 0.15) is 34.6 Å². The minimum Gasteiger partial charge on any atom is -0.299 e. The number of ketones is 1. The van der Waals surface area contributed by atoms with E-state index in [2.05, 4.69) is 56.3 Å². The molecule has 1 fully saturated rings. The highest BCUT2D eigenvalue weighted by Gasteiger charge is 2.43. The van der Waals surface area contributed by atoms with Gasteiger partial charge in [0.1, 0.15) is 5.78 Å². The number of carbonyl (C=O) groups is 1. The first-order valence-electron chi connectivity index (χ1n) is 7.29. The molecule has 2 atom stereocenters. The van der Waals surface area contributed by atoms with E-state index in [0.717, 1.165) is 6.42 Å². The summed E-state index contributed by atoms with van der Waals surface area (Å²) in [6.07, 6.45) is 1.61.